The molecule has 0 atom stereocenters. The summed E-state index contributed by atoms with van der Waals surface area (Å²) in [6, 6.07) is 15.5. The molecule has 2 aromatic carbocycles. The van der Waals surface area contributed by atoms with Crippen molar-refractivity contribution in [3.63, 3.8) is 0 Å². The highest BCUT2D eigenvalue weighted by atomic mass is 35.5. The average molecular weight is 430 g/mol. The van der Waals surface area contributed by atoms with Gasteiger partial charge in [0, 0.05) is 31.0 Å². The zero-order valence-electron chi connectivity index (χ0n) is 17.3. The van der Waals surface area contributed by atoms with Crippen molar-refractivity contribution >= 4 is 29.1 Å². The van der Waals surface area contributed by atoms with Crippen LogP contribution in [-0.4, -0.2) is 50.0 Å². The number of hydrogen-bond donors (Lipinski definition) is 1. The SMILES string of the molecule is CN(CCCNC(=O)CCC(=O)N1CCOc2ccc(Cl)cc21)Cc1ccccc1. The van der Waals surface area contributed by atoms with Gasteiger partial charge in [0.2, 0.25) is 11.8 Å². The molecule has 0 aromatic heterocycles. The van der Waals surface area contributed by atoms with Crippen molar-refractivity contribution in [1.29, 1.82) is 0 Å². The topological polar surface area (TPSA) is 61.9 Å². The van der Waals surface area contributed by atoms with Crippen LogP contribution in [0, 0.1) is 0 Å². The number of fused-ring (bicyclic) bond motifs is 1. The van der Waals surface area contributed by atoms with Crippen molar-refractivity contribution in [3.05, 3.63) is 59.1 Å². The largest absolute Gasteiger partial charge is 0.490 e. The van der Waals surface area contributed by atoms with Gasteiger partial charge >= 0.3 is 0 Å². The van der Waals surface area contributed by atoms with Gasteiger partial charge in [-0.15, -0.1) is 0 Å². The number of ether oxygens (including phenoxy) is 1. The van der Waals surface area contributed by atoms with E-state index in [2.05, 4.69) is 29.4 Å². The van der Waals surface area contributed by atoms with Gasteiger partial charge < -0.3 is 19.9 Å². The summed E-state index contributed by atoms with van der Waals surface area (Å²) in [6.07, 6.45) is 1.19. The first-order chi connectivity index (χ1) is 14.5. The van der Waals surface area contributed by atoms with Gasteiger partial charge in [0.1, 0.15) is 12.4 Å². The summed E-state index contributed by atoms with van der Waals surface area (Å²) < 4.78 is 5.57. The third-order valence-corrected chi connectivity index (χ3v) is 5.22. The Hall–Kier alpha value is -2.57. The van der Waals surface area contributed by atoms with Gasteiger partial charge in [-0.3, -0.25) is 9.59 Å². The van der Waals surface area contributed by atoms with Crippen LogP contribution < -0.4 is 15.0 Å². The normalized spacial score (nSPS) is 13.0. The molecule has 0 bridgehead atoms. The number of benzene rings is 2. The van der Waals surface area contributed by atoms with Crippen LogP contribution in [-0.2, 0) is 16.1 Å². The molecule has 30 heavy (non-hydrogen) atoms. The molecule has 6 nitrogen and oxygen atoms in total. The maximum Gasteiger partial charge on any atom is 0.227 e. The number of hydrogen-bond acceptors (Lipinski definition) is 4. The minimum Gasteiger partial charge on any atom is -0.490 e. The molecule has 1 N–H and O–H groups in total. The van der Waals surface area contributed by atoms with Crippen molar-refractivity contribution < 1.29 is 14.3 Å². The number of nitrogens with one attached hydrogen (secondary N) is 1. The summed E-state index contributed by atoms with van der Waals surface area (Å²) in [7, 11) is 2.07. The molecule has 0 saturated carbocycles. The standard InChI is InChI=1S/C23H28ClN3O3/c1-26(17-18-6-3-2-4-7-18)13-5-12-25-22(28)10-11-23(29)27-14-15-30-21-9-8-19(24)16-20(21)27/h2-4,6-9,16H,5,10-15,17H2,1H3,(H,25,28). The highest BCUT2D eigenvalue weighted by Gasteiger charge is 2.24. The molecule has 0 radical (unpaired) electrons. The van der Waals surface area contributed by atoms with Gasteiger partial charge in [0.25, 0.3) is 0 Å². The number of nitrogens with zero attached hydrogens (tertiary/aromatic N) is 2. The van der Waals surface area contributed by atoms with E-state index in [1.165, 1.54) is 5.56 Å². The fraction of sp³-hybridized carbons (Fsp3) is 0.391. The summed E-state index contributed by atoms with van der Waals surface area (Å²) in [5, 5.41) is 3.45. The molecule has 1 heterocycles. The molecule has 1 aliphatic heterocycles. The van der Waals surface area contributed by atoms with Crippen LogP contribution in [0.2, 0.25) is 5.02 Å². The maximum atomic E-state index is 12.6. The van der Waals surface area contributed by atoms with E-state index >= 15 is 0 Å². The summed E-state index contributed by atoms with van der Waals surface area (Å²) >= 11 is 6.05. The van der Waals surface area contributed by atoms with Crippen molar-refractivity contribution in [3.8, 4) is 5.75 Å². The zero-order chi connectivity index (χ0) is 21.3. The first-order valence-electron chi connectivity index (χ1n) is 10.2. The summed E-state index contributed by atoms with van der Waals surface area (Å²) in [5.74, 6) is 0.441. The van der Waals surface area contributed by atoms with Gasteiger partial charge in [0.05, 0.1) is 12.2 Å². The number of rotatable bonds is 9. The minimum absolute atomic E-state index is 0.0976. The molecular formula is C23H28ClN3O3. The fourth-order valence-electron chi connectivity index (χ4n) is 3.44. The van der Waals surface area contributed by atoms with Gasteiger partial charge in [-0.2, -0.15) is 0 Å². The Balaban J connectivity index is 1.35. The van der Waals surface area contributed by atoms with Crippen LogP contribution in [0.4, 0.5) is 5.69 Å². The molecule has 0 saturated heterocycles. The van der Waals surface area contributed by atoms with Crippen LogP contribution in [0.15, 0.2) is 48.5 Å². The fourth-order valence-corrected chi connectivity index (χ4v) is 3.61. The summed E-state index contributed by atoms with van der Waals surface area (Å²) in [6.45, 7) is 3.26. The van der Waals surface area contributed by atoms with Crippen LogP contribution in [0.1, 0.15) is 24.8 Å². The molecule has 2 aromatic rings. The lowest BCUT2D eigenvalue weighted by atomic mass is 10.2. The van der Waals surface area contributed by atoms with Gasteiger partial charge in [-0.25, -0.2) is 0 Å². The van der Waals surface area contributed by atoms with Crippen LogP contribution in [0.5, 0.6) is 5.75 Å². The molecule has 2 amide bonds. The van der Waals surface area contributed by atoms with Crippen LogP contribution in [0.3, 0.4) is 0 Å². The predicted molar refractivity (Wildman–Crippen MR) is 119 cm³/mol. The second-order valence-electron chi connectivity index (χ2n) is 7.43. The second-order valence-corrected chi connectivity index (χ2v) is 7.87. The van der Waals surface area contributed by atoms with Crippen molar-refractivity contribution in [2.75, 3.05) is 38.2 Å². The highest BCUT2D eigenvalue weighted by molar-refractivity contribution is 6.31. The smallest absolute Gasteiger partial charge is 0.227 e. The molecule has 7 heteroatoms. The third kappa shape index (κ3) is 6.47. The van der Waals surface area contributed by atoms with E-state index in [0.29, 0.717) is 36.2 Å². The lowest BCUT2D eigenvalue weighted by Crippen LogP contribution is -2.38. The molecule has 0 unspecified atom stereocenters. The Morgan fingerprint density at radius 3 is 2.77 bits per heavy atom. The lowest BCUT2D eigenvalue weighted by Gasteiger charge is -2.29. The molecular weight excluding hydrogens is 402 g/mol. The third-order valence-electron chi connectivity index (χ3n) is 4.99. The number of carbonyl (C=O) groups is 2. The lowest BCUT2D eigenvalue weighted by molar-refractivity contribution is -0.125. The molecule has 3 rings (SSSR count). The second kappa shape index (κ2) is 11.0. The van der Waals surface area contributed by atoms with Gasteiger partial charge in [-0.1, -0.05) is 41.9 Å². The summed E-state index contributed by atoms with van der Waals surface area (Å²) in [5.41, 5.74) is 1.94. The van der Waals surface area contributed by atoms with E-state index < -0.39 is 0 Å². The van der Waals surface area contributed by atoms with E-state index in [9.17, 15) is 9.59 Å². The van der Waals surface area contributed by atoms with Gasteiger partial charge in [0.15, 0.2) is 0 Å². The van der Waals surface area contributed by atoms with E-state index in [1.54, 1.807) is 23.1 Å². The Morgan fingerprint density at radius 1 is 1.17 bits per heavy atom. The number of amides is 2. The van der Waals surface area contributed by atoms with Gasteiger partial charge in [-0.05, 0) is 43.8 Å². The molecule has 0 aliphatic carbocycles. The Bertz CT molecular complexity index is 860. The first-order valence-corrected chi connectivity index (χ1v) is 10.6. The average Bonchev–Trinajstić information content (AvgIpc) is 2.75. The predicted octanol–water partition coefficient (Wildman–Crippen LogP) is 3.48. The molecule has 0 fully saturated rings. The Kier molecular flexibility index (Phi) is 8.11. The molecule has 0 spiro atoms. The first kappa shape index (κ1) is 22.1. The molecule has 1 aliphatic rings. The quantitative estimate of drug-likeness (QED) is 0.620. The van der Waals surface area contributed by atoms with Crippen molar-refractivity contribution in [2.45, 2.75) is 25.8 Å². The van der Waals surface area contributed by atoms with E-state index in [4.69, 9.17) is 16.3 Å². The van der Waals surface area contributed by atoms with E-state index in [1.807, 2.05) is 18.2 Å². The van der Waals surface area contributed by atoms with Crippen molar-refractivity contribution in [1.82, 2.24) is 10.2 Å². The van der Waals surface area contributed by atoms with E-state index in [0.717, 1.165) is 19.5 Å². The minimum atomic E-state index is -0.103. The number of carbonyl (C=O) groups excluding carboxylic acids is 2. The Morgan fingerprint density at radius 2 is 1.97 bits per heavy atom. The van der Waals surface area contributed by atoms with Crippen LogP contribution in [0.25, 0.3) is 0 Å². The van der Waals surface area contributed by atoms with Crippen LogP contribution >= 0.6 is 11.6 Å². The summed E-state index contributed by atoms with van der Waals surface area (Å²) in [4.78, 5) is 28.6. The highest BCUT2D eigenvalue weighted by Crippen LogP contribution is 2.34. The van der Waals surface area contributed by atoms with Crippen molar-refractivity contribution in [2.24, 2.45) is 0 Å². The maximum absolute atomic E-state index is 12.6. The number of anilines is 1. The Labute approximate surface area is 182 Å². The van der Waals surface area contributed by atoms with E-state index in [-0.39, 0.29) is 24.7 Å². The monoisotopic (exact) mass is 429 g/mol. The molecule has 160 valence electrons. The zero-order valence-corrected chi connectivity index (χ0v) is 18.0. The number of halogens is 1.